The molecule has 152 valence electrons. The standard InChI is InChI=1S/C19H15F3N2O3S2/c20-19(21,22)12-5-7-13(8-6-12)23-9-1-3-14(23)11-15-17(27)24(18(28)29-15)10-2-4-16(25)26/h1,3,5-9,11H,2,4,10H2,(H,25,26). The summed E-state index contributed by atoms with van der Waals surface area (Å²) in [6, 6.07) is 8.17. The lowest BCUT2D eigenvalue weighted by molar-refractivity contribution is -0.138. The van der Waals surface area contributed by atoms with Gasteiger partial charge in [0.15, 0.2) is 0 Å². The largest absolute Gasteiger partial charge is 0.481 e. The van der Waals surface area contributed by atoms with Crippen LogP contribution in [-0.4, -0.2) is 37.3 Å². The predicted octanol–water partition coefficient (Wildman–Crippen LogP) is 4.56. The van der Waals surface area contributed by atoms with Gasteiger partial charge in [0.05, 0.1) is 10.5 Å². The van der Waals surface area contributed by atoms with Crippen LogP contribution < -0.4 is 0 Å². The third-order valence-electron chi connectivity index (χ3n) is 4.18. The Bertz CT molecular complexity index is 981. The Morgan fingerprint density at radius 3 is 2.52 bits per heavy atom. The van der Waals surface area contributed by atoms with Crippen LogP contribution in [0.3, 0.4) is 0 Å². The summed E-state index contributed by atoms with van der Waals surface area (Å²) in [5.41, 5.74) is 0.388. The fraction of sp³-hybridized carbons (Fsp3) is 0.211. The van der Waals surface area contributed by atoms with Gasteiger partial charge >= 0.3 is 12.1 Å². The van der Waals surface area contributed by atoms with E-state index in [-0.39, 0.29) is 25.3 Å². The number of aromatic nitrogens is 1. The maximum Gasteiger partial charge on any atom is 0.416 e. The number of halogens is 3. The van der Waals surface area contributed by atoms with Crippen molar-refractivity contribution in [2.75, 3.05) is 6.54 Å². The molecule has 1 saturated heterocycles. The van der Waals surface area contributed by atoms with Crippen LogP contribution in [0.2, 0.25) is 0 Å². The number of alkyl halides is 3. The molecule has 1 aliphatic heterocycles. The van der Waals surface area contributed by atoms with Gasteiger partial charge in [-0.3, -0.25) is 14.5 Å². The number of amides is 1. The molecule has 0 saturated carbocycles. The number of nitrogens with zero attached hydrogens (tertiary/aromatic N) is 2. The second kappa shape index (κ2) is 8.42. The molecular formula is C19H15F3N2O3S2. The Morgan fingerprint density at radius 1 is 1.21 bits per heavy atom. The summed E-state index contributed by atoms with van der Waals surface area (Å²) < 4.78 is 40.3. The van der Waals surface area contributed by atoms with E-state index in [1.165, 1.54) is 17.0 Å². The van der Waals surface area contributed by atoms with E-state index < -0.39 is 17.7 Å². The van der Waals surface area contributed by atoms with Gasteiger partial charge in [0.2, 0.25) is 0 Å². The topological polar surface area (TPSA) is 62.5 Å². The van der Waals surface area contributed by atoms with Crippen LogP contribution in [0.5, 0.6) is 0 Å². The highest BCUT2D eigenvalue weighted by atomic mass is 32.2. The molecule has 1 aromatic carbocycles. The first-order valence-electron chi connectivity index (χ1n) is 8.49. The molecule has 0 aliphatic carbocycles. The Hall–Kier alpha value is -2.59. The van der Waals surface area contributed by atoms with Gasteiger partial charge in [-0.2, -0.15) is 13.2 Å². The van der Waals surface area contributed by atoms with E-state index >= 15 is 0 Å². The third kappa shape index (κ3) is 4.88. The zero-order valence-electron chi connectivity index (χ0n) is 14.8. The normalized spacial score (nSPS) is 16.1. The van der Waals surface area contributed by atoms with Crippen molar-refractivity contribution in [2.24, 2.45) is 0 Å². The van der Waals surface area contributed by atoms with Gasteiger partial charge < -0.3 is 9.67 Å². The fourth-order valence-corrected chi connectivity index (χ4v) is 4.07. The van der Waals surface area contributed by atoms with Crippen molar-refractivity contribution in [3.05, 3.63) is 58.8 Å². The molecule has 2 aromatic rings. The van der Waals surface area contributed by atoms with Crippen molar-refractivity contribution >= 4 is 46.3 Å². The molecule has 5 nitrogen and oxygen atoms in total. The predicted molar refractivity (Wildman–Crippen MR) is 108 cm³/mol. The minimum Gasteiger partial charge on any atom is -0.481 e. The highest BCUT2D eigenvalue weighted by Gasteiger charge is 2.32. The molecule has 1 fully saturated rings. The highest BCUT2D eigenvalue weighted by Crippen LogP contribution is 2.34. The van der Waals surface area contributed by atoms with E-state index in [4.69, 9.17) is 17.3 Å². The lowest BCUT2D eigenvalue weighted by atomic mass is 10.2. The number of carbonyl (C=O) groups is 2. The highest BCUT2D eigenvalue weighted by molar-refractivity contribution is 8.26. The van der Waals surface area contributed by atoms with Gasteiger partial charge in [0, 0.05) is 30.5 Å². The molecule has 2 heterocycles. The summed E-state index contributed by atoms with van der Waals surface area (Å²) in [6.45, 7) is 0.216. The molecule has 3 rings (SSSR count). The zero-order valence-corrected chi connectivity index (χ0v) is 16.5. The monoisotopic (exact) mass is 440 g/mol. The van der Waals surface area contributed by atoms with E-state index in [0.29, 0.717) is 20.6 Å². The van der Waals surface area contributed by atoms with Crippen LogP contribution >= 0.6 is 24.0 Å². The molecule has 29 heavy (non-hydrogen) atoms. The number of thioether (sulfide) groups is 1. The lowest BCUT2D eigenvalue weighted by Crippen LogP contribution is -2.29. The number of hydrogen-bond donors (Lipinski definition) is 1. The first-order valence-corrected chi connectivity index (χ1v) is 9.71. The first kappa shape index (κ1) is 21.1. The minimum atomic E-state index is -4.41. The molecule has 1 aliphatic rings. The van der Waals surface area contributed by atoms with Crippen molar-refractivity contribution in [2.45, 2.75) is 19.0 Å². The third-order valence-corrected chi connectivity index (χ3v) is 5.56. The minimum absolute atomic E-state index is 0.0626. The molecule has 10 heteroatoms. The van der Waals surface area contributed by atoms with Crippen molar-refractivity contribution < 1.29 is 27.9 Å². The molecule has 0 atom stereocenters. The van der Waals surface area contributed by atoms with Crippen LogP contribution in [0.25, 0.3) is 11.8 Å². The fourth-order valence-electron chi connectivity index (χ4n) is 2.77. The molecule has 0 unspecified atom stereocenters. The Balaban J connectivity index is 1.80. The second-order valence-corrected chi connectivity index (χ2v) is 7.85. The van der Waals surface area contributed by atoms with Crippen molar-refractivity contribution in [3.8, 4) is 5.69 Å². The van der Waals surface area contributed by atoms with Gasteiger partial charge in [-0.25, -0.2) is 0 Å². The number of carbonyl (C=O) groups excluding carboxylic acids is 1. The van der Waals surface area contributed by atoms with E-state index in [0.717, 1.165) is 23.9 Å². The molecule has 0 spiro atoms. The average Bonchev–Trinajstić information content (AvgIpc) is 3.21. The molecule has 0 bridgehead atoms. The maximum absolute atomic E-state index is 12.8. The van der Waals surface area contributed by atoms with Crippen LogP contribution in [0.15, 0.2) is 47.5 Å². The van der Waals surface area contributed by atoms with Crippen LogP contribution in [0.4, 0.5) is 13.2 Å². The number of aliphatic carboxylic acids is 1. The van der Waals surface area contributed by atoms with Crippen molar-refractivity contribution in [3.63, 3.8) is 0 Å². The quantitative estimate of drug-likeness (QED) is 0.527. The molecule has 1 N–H and O–H groups in total. The van der Waals surface area contributed by atoms with Crippen LogP contribution in [0.1, 0.15) is 24.1 Å². The van der Waals surface area contributed by atoms with E-state index in [9.17, 15) is 22.8 Å². The Kier molecular flexibility index (Phi) is 6.13. The van der Waals surface area contributed by atoms with Gasteiger partial charge in [-0.1, -0.05) is 24.0 Å². The number of hydrogen-bond acceptors (Lipinski definition) is 4. The van der Waals surface area contributed by atoms with E-state index in [2.05, 4.69) is 0 Å². The number of carboxylic acids is 1. The van der Waals surface area contributed by atoms with Crippen LogP contribution in [-0.2, 0) is 15.8 Å². The molecular weight excluding hydrogens is 425 g/mol. The van der Waals surface area contributed by atoms with Crippen LogP contribution in [0, 0.1) is 0 Å². The van der Waals surface area contributed by atoms with Gasteiger partial charge in [-0.05, 0) is 48.9 Å². The van der Waals surface area contributed by atoms with Gasteiger partial charge in [0.1, 0.15) is 4.32 Å². The summed E-state index contributed by atoms with van der Waals surface area (Å²) in [5.74, 6) is -1.26. The van der Waals surface area contributed by atoms with Crippen molar-refractivity contribution in [1.82, 2.24) is 9.47 Å². The van der Waals surface area contributed by atoms with Gasteiger partial charge in [0.25, 0.3) is 5.91 Å². The number of thiocarbonyl (C=S) groups is 1. The summed E-state index contributed by atoms with van der Waals surface area (Å²) in [4.78, 5) is 25.0. The summed E-state index contributed by atoms with van der Waals surface area (Å²) in [7, 11) is 0. The summed E-state index contributed by atoms with van der Waals surface area (Å²) in [5, 5.41) is 8.72. The number of carboxylic acid groups (broad SMARTS) is 1. The second-order valence-electron chi connectivity index (χ2n) is 6.18. The number of rotatable bonds is 6. The number of benzene rings is 1. The molecule has 0 radical (unpaired) electrons. The first-order chi connectivity index (χ1) is 13.7. The molecule has 1 aromatic heterocycles. The van der Waals surface area contributed by atoms with Gasteiger partial charge in [-0.15, -0.1) is 0 Å². The summed E-state index contributed by atoms with van der Waals surface area (Å²) in [6.07, 6.45) is -0.882. The zero-order chi connectivity index (χ0) is 21.2. The summed E-state index contributed by atoms with van der Waals surface area (Å²) >= 11 is 6.32. The smallest absolute Gasteiger partial charge is 0.416 e. The van der Waals surface area contributed by atoms with E-state index in [1.54, 1.807) is 29.0 Å². The molecule has 1 amide bonds. The van der Waals surface area contributed by atoms with Crippen molar-refractivity contribution in [1.29, 1.82) is 0 Å². The maximum atomic E-state index is 12.8. The average molecular weight is 440 g/mol. The SMILES string of the molecule is O=C(O)CCCN1C(=O)C(=Cc2cccn2-c2ccc(C(F)(F)F)cc2)SC1=S. The Labute approximate surface area is 173 Å². The van der Waals surface area contributed by atoms with E-state index in [1.807, 2.05) is 0 Å². The lowest BCUT2D eigenvalue weighted by Gasteiger charge is -2.13. The Morgan fingerprint density at radius 2 is 1.90 bits per heavy atom.